The Morgan fingerprint density at radius 1 is 1.20 bits per heavy atom. The molecule has 0 radical (unpaired) electrons. The fourth-order valence-corrected chi connectivity index (χ4v) is 4.79. The van der Waals surface area contributed by atoms with Crippen molar-refractivity contribution in [3.63, 3.8) is 0 Å². The first kappa shape index (κ1) is 18.8. The first-order valence-electron chi connectivity index (χ1n) is 10.1. The molecule has 2 aromatic carbocycles. The minimum atomic E-state index is -0.0244. The molecule has 4 aromatic rings. The number of oxazole rings is 1. The van der Waals surface area contributed by atoms with Gasteiger partial charge in [-0.05, 0) is 59.2 Å². The Bertz CT molecular complexity index is 1320. The third kappa shape index (κ3) is 2.89. The van der Waals surface area contributed by atoms with E-state index in [-0.39, 0.29) is 16.9 Å². The number of pyridine rings is 1. The lowest BCUT2D eigenvalue weighted by Gasteiger charge is -2.26. The molecule has 0 saturated heterocycles. The highest BCUT2D eigenvalue weighted by molar-refractivity contribution is 5.87. The van der Waals surface area contributed by atoms with Crippen LogP contribution >= 0.6 is 0 Å². The van der Waals surface area contributed by atoms with E-state index < -0.39 is 0 Å². The lowest BCUT2D eigenvalue weighted by Crippen LogP contribution is -2.19. The molecule has 5 heteroatoms. The standard InChI is InChI=1S/C25H24N2O3/c1-14-7-21-19(9-17(14)23-12-26-13-30-23)22(28)10-20(27-21)15-5-6-16-11-25(2,3)24(29-4)18(16)8-15/h5-10,12-13,24H,11H2,1-4H3,(H,27,28). The SMILES string of the molecule is COC1c2cc(-c3cc(=O)c4cc(-c5cnco5)c(C)cc4[nH]3)ccc2CC1(C)C. The number of nitrogens with zero attached hydrogens (tertiary/aromatic N) is 1. The summed E-state index contributed by atoms with van der Waals surface area (Å²) < 4.78 is 11.2. The van der Waals surface area contributed by atoms with Crippen molar-refractivity contribution in [1.82, 2.24) is 9.97 Å². The zero-order valence-corrected chi connectivity index (χ0v) is 17.6. The molecule has 0 amide bonds. The number of hydrogen-bond donors (Lipinski definition) is 1. The van der Waals surface area contributed by atoms with Gasteiger partial charge >= 0.3 is 0 Å². The van der Waals surface area contributed by atoms with Crippen molar-refractivity contribution < 1.29 is 9.15 Å². The number of H-pyrrole nitrogens is 1. The first-order chi connectivity index (χ1) is 14.4. The minimum absolute atomic E-state index is 0.0244. The molecular weight excluding hydrogens is 376 g/mol. The van der Waals surface area contributed by atoms with Crippen molar-refractivity contribution in [3.8, 4) is 22.6 Å². The van der Waals surface area contributed by atoms with Gasteiger partial charge < -0.3 is 14.1 Å². The van der Waals surface area contributed by atoms with E-state index in [2.05, 4.69) is 42.0 Å². The second kappa shape index (κ2) is 6.67. The Labute approximate surface area is 174 Å². The van der Waals surface area contributed by atoms with Gasteiger partial charge in [0.15, 0.2) is 17.6 Å². The maximum atomic E-state index is 13.0. The van der Waals surface area contributed by atoms with Gasteiger partial charge in [0.25, 0.3) is 0 Å². The smallest absolute Gasteiger partial charge is 0.190 e. The topological polar surface area (TPSA) is 68.1 Å². The average molecular weight is 400 g/mol. The van der Waals surface area contributed by atoms with Crippen LogP contribution in [0.4, 0.5) is 0 Å². The van der Waals surface area contributed by atoms with Crippen LogP contribution in [0.3, 0.4) is 0 Å². The monoisotopic (exact) mass is 400 g/mol. The number of methoxy groups -OCH3 is 1. The van der Waals surface area contributed by atoms with E-state index in [0.29, 0.717) is 11.1 Å². The van der Waals surface area contributed by atoms with Crippen molar-refractivity contribution in [3.05, 3.63) is 75.9 Å². The molecule has 30 heavy (non-hydrogen) atoms. The first-order valence-corrected chi connectivity index (χ1v) is 10.1. The number of ether oxygens (including phenoxy) is 1. The van der Waals surface area contributed by atoms with Crippen LogP contribution in [-0.4, -0.2) is 17.1 Å². The van der Waals surface area contributed by atoms with Gasteiger partial charge in [0.1, 0.15) is 0 Å². The van der Waals surface area contributed by atoms with Gasteiger partial charge in [0.2, 0.25) is 0 Å². The Morgan fingerprint density at radius 2 is 2.03 bits per heavy atom. The molecule has 0 aliphatic heterocycles. The maximum absolute atomic E-state index is 13.0. The molecule has 1 unspecified atom stereocenters. The highest BCUT2D eigenvalue weighted by atomic mass is 16.5. The Morgan fingerprint density at radius 3 is 2.77 bits per heavy atom. The fraction of sp³-hybridized carbons (Fsp3) is 0.280. The van der Waals surface area contributed by atoms with E-state index in [0.717, 1.165) is 34.3 Å². The van der Waals surface area contributed by atoms with E-state index in [9.17, 15) is 4.79 Å². The van der Waals surface area contributed by atoms with Crippen LogP contribution in [0.1, 0.15) is 36.6 Å². The van der Waals surface area contributed by atoms with Crippen molar-refractivity contribution in [2.75, 3.05) is 7.11 Å². The Kier molecular flexibility index (Phi) is 4.19. The summed E-state index contributed by atoms with van der Waals surface area (Å²) >= 11 is 0. The van der Waals surface area contributed by atoms with Crippen LogP contribution in [-0.2, 0) is 11.2 Å². The molecule has 1 N–H and O–H groups in total. The van der Waals surface area contributed by atoms with Gasteiger partial charge in [0.05, 0.1) is 17.8 Å². The van der Waals surface area contributed by atoms with Gasteiger partial charge in [0, 0.05) is 29.8 Å². The lowest BCUT2D eigenvalue weighted by molar-refractivity contribution is 0.0190. The normalized spacial score (nSPS) is 17.4. The van der Waals surface area contributed by atoms with E-state index in [4.69, 9.17) is 9.15 Å². The van der Waals surface area contributed by atoms with Crippen LogP contribution in [0.2, 0.25) is 0 Å². The third-order valence-electron chi connectivity index (χ3n) is 6.20. The number of nitrogens with one attached hydrogen (secondary N) is 1. The lowest BCUT2D eigenvalue weighted by atomic mass is 9.87. The van der Waals surface area contributed by atoms with Gasteiger partial charge in [-0.3, -0.25) is 4.79 Å². The molecule has 1 aliphatic rings. The number of aromatic nitrogens is 2. The molecule has 2 aromatic heterocycles. The average Bonchev–Trinajstić information content (AvgIpc) is 3.31. The van der Waals surface area contributed by atoms with E-state index >= 15 is 0 Å². The van der Waals surface area contributed by atoms with Crippen molar-refractivity contribution in [1.29, 1.82) is 0 Å². The summed E-state index contributed by atoms with van der Waals surface area (Å²) in [7, 11) is 1.76. The summed E-state index contributed by atoms with van der Waals surface area (Å²) in [5.41, 5.74) is 7.05. The zero-order chi connectivity index (χ0) is 21.0. The van der Waals surface area contributed by atoms with Crippen LogP contribution in [0.25, 0.3) is 33.5 Å². The summed E-state index contributed by atoms with van der Waals surface area (Å²) in [5, 5.41) is 0.632. The Hall–Kier alpha value is -3.18. The quantitative estimate of drug-likeness (QED) is 0.498. The molecule has 152 valence electrons. The maximum Gasteiger partial charge on any atom is 0.190 e. The van der Waals surface area contributed by atoms with Crippen molar-refractivity contribution in [2.45, 2.75) is 33.3 Å². The second-order valence-corrected chi connectivity index (χ2v) is 8.82. The zero-order valence-electron chi connectivity index (χ0n) is 17.6. The molecule has 0 saturated carbocycles. The summed E-state index contributed by atoms with van der Waals surface area (Å²) in [4.78, 5) is 20.4. The molecule has 2 heterocycles. The third-order valence-corrected chi connectivity index (χ3v) is 6.20. The highest BCUT2D eigenvalue weighted by Crippen LogP contribution is 2.48. The molecule has 0 bridgehead atoms. The van der Waals surface area contributed by atoms with Gasteiger partial charge in [-0.25, -0.2) is 4.98 Å². The van der Waals surface area contributed by atoms with Crippen LogP contribution in [0.15, 0.2) is 58.2 Å². The van der Waals surface area contributed by atoms with Crippen LogP contribution in [0.5, 0.6) is 0 Å². The van der Waals surface area contributed by atoms with Crippen molar-refractivity contribution in [2.24, 2.45) is 5.41 Å². The number of aryl methyl sites for hydroxylation is 1. The summed E-state index contributed by atoms with van der Waals surface area (Å²) in [5.74, 6) is 0.657. The largest absolute Gasteiger partial charge is 0.444 e. The molecule has 1 aliphatic carbocycles. The van der Waals surface area contributed by atoms with Crippen molar-refractivity contribution >= 4 is 10.9 Å². The minimum Gasteiger partial charge on any atom is -0.444 e. The predicted molar refractivity (Wildman–Crippen MR) is 117 cm³/mol. The molecule has 0 fully saturated rings. The summed E-state index contributed by atoms with van der Waals surface area (Å²) in [6.45, 7) is 6.46. The molecule has 0 spiro atoms. The van der Waals surface area contributed by atoms with E-state index in [1.807, 2.05) is 19.1 Å². The second-order valence-electron chi connectivity index (χ2n) is 8.82. The summed E-state index contributed by atoms with van der Waals surface area (Å²) in [6, 6.07) is 11.9. The van der Waals surface area contributed by atoms with E-state index in [1.54, 1.807) is 19.4 Å². The fourth-order valence-electron chi connectivity index (χ4n) is 4.79. The number of fused-ring (bicyclic) bond motifs is 2. The molecule has 5 rings (SSSR count). The number of hydrogen-bond acceptors (Lipinski definition) is 4. The van der Waals surface area contributed by atoms with Gasteiger partial charge in [-0.1, -0.05) is 26.0 Å². The highest BCUT2D eigenvalue weighted by Gasteiger charge is 2.39. The summed E-state index contributed by atoms with van der Waals surface area (Å²) in [6.07, 6.45) is 4.09. The van der Waals surface area contributed by atoms with Crippen LogP contribution < -0.4 is 5.43 Å². The number of rotatable bonds is 3. The Balaban J connectivity index is 1.63. The molecule has 5 nitrogen and oxygen atoms in total. The predicted octanol–water partition coefficient (Wildman–Crippen LogP) is 5.43. The molecular formula is C25H24N2O3. The number of benzene rings is 2. The number of aromatic amines is 1. The van der Waals surface area contributed by atoms with Crippen LogP contribution in [0, 0.1) is 12.3 Å². The molecule has 1 atom stereocenters. The van der Waals surface area contributed by atoms with Gasteiger partial charge in [-0.2, -0.15) is 0 Å². The van der Waals surface area contributed by atoms with Gasteiger partial charge in [-0.15, -0.1) is 0 Å². The van der Waals surface area contributed by atoms with E-state index in [1.165, 1.54) is 17.5 Å².